The molecule has 2 aliphatic rings. The maximum atomic E-state index is 12.5. The summed E-state index contributed by atoms with van der Waals surface area (Å²) in [5.41, 5.74) is 1.26. The molecule has 2 N–H and O–H groups in total. The van der Waals surface area contributed by atoms with E-state index in [2.05, 4.69) is 29.7 Å². The van der Waals surface area contributed by atoms with E-state index in [1.54, 1.807) is 0 Å². The third kappa shape index (κ3) is 8.79. The topological polar surface area (TPSA) is 77.0 Å². The van der Waals surface area contributed by atoms with Crippen molar-refractivity contribution in [3.05, 3.63) is 35.9 Å². The fraction of sp³-hybridized carbons (Fsp3) is 0.640. The predicted molar refractivity (Wildman–Crippen MR) is 144 cm³/mol. The lowest BCUT2D eigenvalue weighted by Gasteiger charge is -2.33. The minimum absolute atomic E-state index is 0. The Balaban J connectivity index is 0.00000385. The van der Waals surface area contributed by atoms with Crippen LogP contribution in [-0.2, 0) is 16.0 Å². The van der Waals surface area contributed by atoms with E-state index in [1.165, 1.54) is 12.0 Å². The molecule has 0 aliphatic carbocycles. The maximum Gasteiger partial charge on any atom is 0.224 e. The zero-order valence-electron chi connectivity index (χ0n) is 20.1. The molecule has 8 heteroatoms. The van der Waals surface area contributed by atoms with Crippen LogP contribution in [0.25, 0.3) is 0 Å². The number of nitrogens with zero attached hydrogens (tertiary/aromatic N) is 3. The molecule has 1 aromatic carbocycles. The number of piperidine rings is 1. The Kier molecular flexibility index (Phi) is 12.0. The number of carbonyl (C=O) groups excluding carboxylic acids is 2. The summed E-state index contributed by atoms with van der Waals surface area (Å²) in [6.07, 6.45) is 5.35. The molecule has 2 fully saturated rings. The number of benzene rings is 1. The number of aliphatic imine (C=N–C) groups is 1. The number of hydrogen-bond acceptors (Lipinski definition) is 3. The number of rotatable bonds is 9. The number of nitrogens with one attached hydrogen (secondary N) is 2. The Bertz CT molecular complexity index is 773. The molecule has 184 valence electrons. The second kappa shape index (κ2) is 14.4. The fourth-order valence-corrected chi connectivity index (χ4v) is 4.56. The average molecular weight is 570 g/mol. The van der Waals surface area contributed by atoms with Gasteiger partial charge in [0.05, 0.1) is 0 Å². The lowest BCUT2D eigenvalue weighted by atomic mass is 10.0. The van der Waals surface area contributed by atoms with Gasteiger partial charge in [0.25, 0.3) is 0 Å². The predicted octanol–water partition coefficient (Wildman–Crippen LogP) is 3.04. The van der Waals surface area contributed by atoms with Gasteiger partial charge in [-0.05, 0) is 45.1 Å². The highest BCUT2D eigenvalue weighted by molar-refractivity contribution is 14.0. The van der Waals surface area contributed by atoms with Gasteiger partial charge in [-0.15, -0.1) is 24.0 Å². The SMILES string of the molecule is CCNC(=NCC1CC(=O)N(CCc2ccccc2)C1)NCCC(=O)N1CCCCC1C.I. The van der Waals surface area contributed by atoms with Crippen molar-refractivity contribution in [1.82, 2.24) is 20.4 Å². The van der Waals surface area contributed by atoms with Gasteiger partial charge in [0, 0.05) is 64.1 Å². The van der Waals surface area contributed by atoms with E-state index in [0.29, 0.717) is 32.0 Å². The van der Waals surface area contributed by atoms with E-state index >= 15 is 0 Å². The minimum Gasteiger partial charge on any atom is -0.357 e. The third-order valence-electron chi connectivity index (χ3n) is 6.41. The van der Waals surface area contributed by atoms with Crippen LogP contribution in [0.15, 0.2) is 35.3 Å². The van der Waals surface area contributed by atoms with Crippen molar-refractivity contribution in [2.45, 2.75) is 58.4 Å². The monoisotopic (exact) mass is 569 g/mol. The Morgan fingerprint density at radius 2 is 1.97 bits per heavy atom. The zero-order valence-corrected chi connectivity index (χ0v) is 22.4. The number of hydrogen-bond donors (Lipinski definition) is 2. The van der Waals surface area contributed by atoms with Crippen LogP contribution in [0.2, 0.25) is 0 Å². The summed E-state index contributed by atoms with van der Waals surface area (Å²) < 4.78 is 0. The van der Waals surface area contributed by atoms with Crippen molar-refractivity contribution >= 4 is 41.8 Å². The first-order chi connectivity index (χ1) is 15.6. The highest BCUT2D eigenvalue weighted by Gasteiger charge is 2.29. The molecule has 2 aliphatic heterocycles. The van der Waals surface area contributed by atoms with Gasteiger partial charge in [0.1, 0.15) is 0 Å². The van der Waals surface area contributed by atoms with Crippen LogP contribution < -0.4 is 10.6 Å². The van der Waals surface area contributed by atoms with Gasteiger partial charge in [-0.1, -0.05) is 30.3 Å². The lowest BCUT2D eigenvalue weighted by molar-refractivity contribution is -0.134. The standard InChI is InChI=1S/C25H39N5O2.HI/c1-3-26-25(27-14-12-23(31)30-15-8-7-9-20(30)2)28-18-22-17-24(32)29(19-22)16-13-21-10-5-4-6-11-21;/h4-6,10-11,20,22H,3,7-9,12-19H2,1-2H3,(H2,26,27,28);1H. The van der Waals surface area contributed by atoms with Crippen LogP contribution in [0.4, 0.5) is 0 Å². The van der Waals surface area contributed by atoms with Crippen LogP contribution >= 0.6 is 24.0 Å². The second-order valence-corrected chi connectivity index (χ2v) is 8.97. The second-order valence-electron chi connectivity index (χ2n) is 8.97. The highest BCUT2D eigenvalue weighted by atomic mass is 127. The summed E-state index contributed by atoms with van der Waals surface area (Å²) >= 11 is 0. The number of carbonyl (C=O) groups is 2. The molecule has 7 nitrogen and oxygen atoms in total. The number of amides is 2. The smallest absolute Gasteiger partial charge is 0.224 e. The first kappa shape index (κ1) is 27.4. The van der Waals surface area contributed by atoms with Gasteiger partial charge in [0.15, 0.2) is 5.96 Å². The van der Waals surface area contributed by atoms with E-state index in [9.17, 15) is 9.59 Å². The highest BCUT2D eigenvalue weighted by Crippen LogP contribution is 2.19. The zero-order chi connectivity index (χ0) is 22.8. The van der Waals surface area contributed by atoms with E-state index in [4.69, 9.17) is 4.99 Å². The van der Waals surface area contributed by atoms with E-state index in [-0.39, 0.29) is 41.7 Å². The van der Waals surface area contributed by atoms with Crippen LogP contribution in [0.1, 0.15) is 51.5 Å². The molecule has 2 atom stereocenters. The van der Waals surface area contributed by atoms with Crippen LogP contribution in [0, 0.1) is 5.92 Å². The molecule has 33 heavy (non-hydrogen) atoms. The lowest BCUT2D eigenvalue weighted by Crippen LogP contribution is -2.44. The van der Waals surface area contributed by atoms with E-state index < -0.39 is 0 Å². The molecule has 0 aromatic heterocycles. The Hall–Kier alpha value is -1.84. The average Bonchev–Trinajstić information content (AvgIpc) is 3.16. The van der Waals surface area contributed by atoms with Crippen molar-refractivity contribution in [2.75, 3.05) is 39.3 Å². The largest absolute Gasteiger partial charge is 0.357 e. The van der Waals surface area contributed by atoms with Gasteiger partial charge in [-0.25, -0.2) is 0 Å². The molecule has 0 saturated carbocycles. The summed E-state index contributed by atoms with van der Waals surface area (Å²) in [7, 11) is 0. The molecule has 2 saturated heterocycles. The minimum atomic E-state index is 0. The summed E-state index contributed by atoms with van der Waals surface area (Å²) in [4.78, 5) is 33.6. The fourth-order valence-electron chi connectivity index (χ4n) is 4.56. The Morgan fingerprint density at radius 3 is 2.70 bits per heavy atom. The number of halogens is 1. The Labute approximate surface area is 215 Å². The number of likely N-dealkylation sites (tertiary alicyclic amines) is 2. The van der Waals surface area contributed by atoms with Crippen molar-refractivity contribution < 1.29 is 9.59 Å². The van der Waals surface area contributed by atoms with Crippen LogP contribution in [0.5, 0.6) is 0 Å². The van der Waals surface area contributed by atoms with Gasteiger partial charge >= 0.3 is 0 Å². The van der Waals surface area contributed by atoms with Gasteiger partial charge in [-0.3, -0.25) is 14.6 Å². The van der Waals surface area contributed by atoms with Crippen molar-refractivity contribution in [3.8, 4) is 0 Å². The Morgan fingerprint density at radius 1 is 1.18 bits per heavy atom. The third-order valence-corrected chi connectivity index (χ3v) is 6.41. The quantitative estimate of drug-likeness (QED) is 0.273. The first-order valence-corrected chi connectivity index (χ1v) is 12.2. The van der Waals surface area contributed by atoms with Crippen molar-refractivity contribution in [2.24, 2.45) is 10.9 Å². The summed E-state index contributed by atoms with van der Waals surface area (Å²) in [5, 5.41) is 6.54. The summed E-state index contributed by atoms with van der Waals surface area (Å²) in [6, 6.07) is 10.6. The molecule has 2 heterocycles. The van der Waals surface area contributed by atoms with Gasteiger partial charge in [-0.2, -0.15) is 0 Å². The molecule has 2 amide bonds. The van der Waals surface area contributed by atoms with Crippen molar-refractivity contribution in [1.29, 1.82) is 0 Å². The van der Waals surface area contributed by atoms with Crippen LogP contribution in [-0.4, -0.2) is 72.9 Å². The van der Waals surface area contributed by atoms with Gasteiger partial charge < -0.3 is 20.4 Å². The maximum absolute atomic E-state index is 12.5. The first-order valence-electron chi connectivity index (χ1n) is 12.2. The number of guanidine groups is 1. The molecule has 3 rings (SSSR count). The molecular formula is C25H40IN5O2. The molecule has 0 radical (unpaired) electrons. The normalized spacial score (nSPS) is 21.0. The molecule has 2 unspecified atom stereocenters. The molecule has 0 spiro atoms. The summed E-state index contributed by atoms with van der Waals surface area (Å²) in [5.74, 6) is 1.41. The molecule has 1 aromatic rings. The van der Waals surface area contributed by atoms with E-state index in [1.807, 2.05) is 34.9 Å². The van der Waals surface area contributed by atoms with Crippen LogP contribution in [0.3, 0.4) is 0 Å². The van der Waals surface area contributed by atoms with Crippen molar-refractivity contribution in [3.63, 3.8) is 0 Å². The molecular weight excluding hydrogens is 529 g/mol. The van der Waals surface area contributed by atoms with E-state index in [0.717, 1.165) is 51.4 Å². The molecule has 0 bridgehead atoms. The van der Waals surface area contributed by atoms with Gasteiger partial charge in [0.2, 0.25) is 11.8 Å². The summed E-state index contributed by atoms with van der Waals surface area (Å²) in [6.45, 7) is 8.52.